The zero-order valence-corrected chi connectivity index (χ0v) is 17.1. The molecule has 0 aliphatic carbocycles. The second-order valence-electron chi connectivity index (χ2n) is 8.39. The number of hydrogen-bond donors (Lipinski definition) is 0. The van der Waals surface area contributed by atoms with E-state index in [1.165, 1.54) is 5.56 Å². The molecule has 25 heavy (non-hydrogen) atoms. The monoisotopic (exact) mass is 354 g/mol. The number of aryl methyl sites for hydroxylation is 2. The fourth-order valence-corrected chi connectivity index (χ4v) is 3.70. The van der Waals surface area contributed by atoms with E-state index in [-0.39, 0.29) is 10.7 Å². The molecule has 0 spiro atoms. The lowest BCUT2D eigenvalue weighted by atomic mass is 10.0. The summed E-state index contributed by atoms with van der Waals surface area (Å²) in [7, 11) is -1.95. The van der Waals surface area contributed by atoms with Gasteiger partial charge in [-0.15, -0.1) is 0 Å². The largest absolute Gasteiger partial charge is 0.543 e. The van der Waals surface area contributed by atoms with Crippen LogP contribution in [0.1, 0.15) is 31.9 Å². The molecule has 3 rings (SSSR count). The predicted octanol–water partition coefficient (Wildman–Crippen LogP) is 5.95. The second kappa shape index (κ2) is 5.73. The first-order valence-corrected chi connectivity index (χ1v) is 11.6. The predicted molar refractivity (Wildman–Crippen MR) is 107 cm³/mol. The third kappa shape index (κ3) is 3.11. The Bertz CT molecular complexity index is 1020. The van der Waals surface area contributed by atoms with Crippen LogP contribution in [0.15, 0.2) is 39.5 Å². The maximum Gasteiger partial charge on any atom is 0.344 e. The van der Waals surface area contributed by atoms with E-state index >= 15 is 0 Å². The molecule has 0 aliphatic heterocycles. The summed E-state index contributed by atoms with van der Waals surface area (Å²) in [5, 5.41) is 2.56. The summed E-state index contributed by atoms with van der Waals surface area (Å²) in [5.41, 5.74) is 2.63. The highest BCUT2D eigenvalue weighted by Gasteiger charge is 2.39. The molecule has 1 heterocycles. The maximum atomic E-state index is 12.5. The number of hydrogen-bond acceptors (Lipinski definition) is 3. The minimum atomic E-state index is -1.95. The van der Waals surface area contributed by atoms with E-state index in [1.807, 2.05) is 31.2 Å². The summed E-state index contributed by atoms with van der Waals surface area (Å²) in [6.45, 7) is 15.1. The van der Waals surface area contributed by atoms with Crippen molar-refractivity contribution in [1.82, 2.24) is 0 Å². The van der Waals surface area contributed by atoms with Crippen LogP contribution in [0.3, 0.4) is 0 Å². The molecule has 3 aromatic rings. The molecule has 4 heteroatoms. The topological polar surface area (TPSA) is 39.4 Å². The quantitative estimate of drug-likeness (QED) is 0.324. The molecule has 132 valence electrons. The molecule has 0 atom stereocenters. The normalized spacial score (nSPS) is 12.8. The van der Waals surface area contributed by atoms with Gasteiger partial charge in [0.05, 0.1) is 5.39 Å². The van der Waals surface area contributed by atoms with Crippen molar-refractivity contribution < 1.29 is 8.84 Å². The number of fused-ring (bicyclic) bond motifs is 3. The van der Waals surface area contributed by atoms with Crippen molar-refractivity contribution in [1.29, 1.82) is 0 Å². The minimum absolute atomic E-state index is 0.102. The first-order chi connectivity index (χ1) is 11.5. The molecule has 0 saturated heterocycles. The average molecular weight is 355 g/mol. The van der Waals surface area contributed by atoms with Crippen LogP contribution >= 0.6 is 0 Å². The van der Waals surface area contributed by atoms with Crippen molar-refractivity contribution in [3.8, 4) is 5.75 Å². The molecule has 0 bridgehead atoms. The van der Waals surface area contributed by atoms with Gasteiger partial charge in [0.25, 0.3) is 0 Å². The van der Waals surface area contributed by atoms with Gasteiger partial charge >= 0.3 is 5.63 Å². The summed E-state index contributed by atoms with van der Waals surface area (Å²) in [6.07, 6.45) is 0. The Kier molecular flexibility index (Phi) is 4.07. The Morgan fingerprint density at radius 2 is 1.56 bits per heavy atom. The SMILES string of the molecule is Cc1cc2oc(=O)c3cc(O[Si](C)(C)C(C)(C)C)ccc3c2cc1C. The van der Waals surface area contributed by atoms with Gasteiger partial charge in [0.15, 0.2) is 0 Å². The third-order valence-electron chi connectivity index (χ3n) is 5.48. The van der Waals surface area contributed by atoms with Crippen LogP contribution in [-0.4, -0.2) is 8.32 Å². The van der Waals surface area contributed by atoms with Crippen LogP contribution in [0.5, 0.6) is 5.75 Å². The van der Waals surface area contributed by atoms with E-state index in [0.29, 0.717) is 11.0 Å². The van der Waals surface area contributed by atoms with Crippen molar-refractivity contribution in [2.45, 2.75) is 52.8 Å². The first-order valence-electron chi connectivity index (χ1n) is 8.66. The lowest BCUT2D eigenvalue weighted by Crippen LogP contribution is -2.43. The van der Waals surface area contributed by atoms with Crippen LogP contribution in [0.25, 0.3) is 21.7 Å². The Labute approximate surface area is 149 Å². The van der Waals surface area contributed by atoms with Gasteiger partial charge < -0.3 is 8.84 Å². The highest BCUT2D eigenvalue weighted by molar-refractivity contribution is 6.74. The maximum absolute atomic E-state index is 12.5. The van der Waals surface area contributed by atoms with Crippen LogP contribution in [-0.2, 0) is 0 Å². The van der Waals surface area contributed by atoms with Crippen molar-refractivity contribution in [2.24, 2.45) is 0 Å². The zero-order chi connectivity index (χ0) is 18.6. The molecule has 0 radical (unpaired) electrons. The van der Waals surface area contributed by atoms with Crippen LogP contribution in [0.4, 0.5) is 0 Å². The molecule has 0 aliphatic rings. The van der Waals surface area contributed by atoms with Crippen LogP contribution < -0.4 is 10.1 Å². The minimum Gasteiger partial charge on any atom is -0.543 e. The molecule has 0 N–H and O–H groups in total. The van der Waals surface area contributed by atoms with Gasteiger partial charge in [-0.25, -0.2) is 4.79 Å². The van der Waals surface area contributed by atoms with Gasteiger partial charge in [-0.05, 0) is 73.4 Å². The molecule has 1 aromatic heterocycles. The van der Waals surface area contributed by atoms with Gasteiger partial charge in [-0.2, -0.15) is 0 Å². The zero-order valence-electron chi connectivity index (χ0n) is 16.1. The van der Waals surface area contributed by atoms with E-state index in [0.717, 1.165) is 22.1 Å². The molecule has 0 amide bonds. The summed E-state index contributed by atoms with van der Waals surface area (Å²) in [6, 6.07) is 9.80. The fourth-order valence-electron chi connectivity index (χ4n) is 2.68. The lowest BCUT2D eigenvalue weighted by molar-refractivity contribution is 0.492. The van der Waals surface area contributed by atoms with Gasteiger partial charge in [0.2, 0.25) is 8.32 Å². The van der Waals surface area contributed by atoms with Crippen LogP contribution in [0, 0.1) is 13.8 Å². The van der Waals surface area contributed by atoms with E-state index < -0.39 is 8.32 Å². The molecular formula is C21H26O3Si. The van der Waals surface area contributed by atoms with Gasteiger partial charge in [0.1, 0.15) is 11.3 Å². The molecule has 0 saturated carbocycles. The van der Waals surface area contributed by atoms with E-state index in [4.69, 9.17) is 8.84 Å². The molecular weight excluding hydrogens is 328 g/mol. The van der Waals surface area contributed by atoms with Gasteiger partial charge in [-0.1, -0.05) is 20.8 Å². The third-order valence-corrected chi connectivity index (χ3v) is 9.84. The van der Waals surface area contributed by atoms with Crippen molar-refractivity contribution in [2.75, 3.05) is 0 Å². The average Bonchev–Trinajstić information content (AvgIpc) is 2.48. The number of benzene rings is 2. The molecule has 3 nitrogen and oxygen atoms in total. The Balaban J connectivity index is 2.19. The summed E-state index contributed by atoms with van der Waals surface area (Å²) < 4.78 is 11.9. The van der Waals surface area contributed by atoms with Gasteiger partial charge in [-0.3, -0.25) is 0 Å². The van der Waals surface area contributed by atoms with E-state index in [9.17, 15) is 4.79 Å². The van der Waals surface area contributed by atoms with Crippen molar-refractivity contribution in [3.63, 3.8) is 0 Å². The number of rotatable bonds is 2. The second-order valence-corrected chi connectivity index (χ2v) is 13.1. The highest BCUT2D eigenvalue weighted by Crippen LogP contribution is 2.38. The highest BCUT2D eigenvalue weighted by atomic mass is 28.4. The van der Waals surface area contributed by atoms with Crippen molar-refractivity contribution in [3.05, 3.63) is 51.9 Å². The standard InChI is InChI=1S/C21H26O3Si/c1-13-10-17-16-9-8-15(24-25(6,7)21(3,4)5)12-18(16)20(22)23-19(17)11-14(13)2/h8-12H,1-7H3. The Morgan fingerprint density at radius 3 is 2.20 bits per heavy atom. The summed E-state index contributed by atoms with van der Waals surface area (Å²) >= 11 is 0. The lowest BCUT2D eigenvalue weighted by Gasteiger charge is -2.36. The Morgan fingerprint density at radius 1 is 0.920 bits per heavy atom. The Hall–Kier alpha value is -2.07. The van der Waals surface area contributed by atoms with Gasteiger partial charge in [0, 0.05) is 10.8 Å². The van der Waals surface area contributed by atoms with Crippen LogP contribution in [0.2, 0.25) is 18.1 Å². The molecule has 0 fully saturated rings. The fraction of sp³-hybridized carbons (Fsp3) is 0.381. The smallest absolute Gasteiger partial charge is 0.344 e. The summed E-state index contributed by atoms with van der Waals surface area (Å²) in [4.78, 5) is 12.5. The van der Waals surface area contributed by atoms with E-state index in [1.54, 1.807) is 0 Å². The summed E-state index contributed by atoms with van der Waals surface area (Å²) in [5.74, 6) is 0.745. The van der Waals surface area contributed by atoms with E-state index in [2.05, 4.69) is 46.9 Å². The molecule has 2 aromatic carbocycles. The molecule has 0 unspecified atom stereocenters. The van der Waals surface area contributed by atoms with Crippen molar-refractivity contribution >= 4 is 30.1 Å². The first kappa shape index (κ1) is 17.7.